The van der Waals surface area contributed by atoms with Gasteiger partial charge < -0.3 is 10.6 Å². The molecule has 0 saturated heterocycles. The summed E-state index contributed by atoms with van der Waals surface area (Å²) in [5.41, 5.74) is 7.14. The number of benzene rings is 1. The Bertz CT molecular complexity index is 335. The molecule has 1 aromatic rings. The summed E-state index contributed by atoms with van der Waals surface area (Å²) in [4.78, 5) is 2.41. The van der Waals surface area contributed by atoms with Crippen LogP contribution in [0, 0.1) is 11.7 Å². The maximum Gasteiger partial charge on any atom is 0.123 e. The third-order valence-corrected chi connectivity index (χ3v) is 3.13. The molecule has 102 valence electrons. The molecule has 1 rings (SSSR count). The van der Waals surface area contributed by atoms with Crippen LogP contribution < -0.4 is 5.73 Å². The third kappa shape index (κ3) is 5.15. The van der Waals surface area contributed by atoms with Crippen molar-refractivity contribution in [1.29, 1.82) is 0 Å². The molecule has 0 aromatic heterocycles. The molecule has 0 saturated carbocycles. The quantitative estimate of drug-likeness (QED) is 0.807. The van der Waals surface area contributed by atoms with Gasteiger partial charge in [-0.1, -0.05) is 32.9 Å². The van der Waals surface area contributed by atoms with Gasteiger partial charge in [-0.3, -0.25) is 0 Å². The Morgan fingerprint density at radius 1 is 1.22 bits per heavy atom. The van der Waals surface area contributed by atoms with Crippen LogP contribution in [-0.2, 0) is 0 Å². The second-order valence-electron chi connectivity index (χ2n) is 5.23. The molecule has 18 heavy (non-hydrogen) atoms. The molecule has 1 atom stereocenters. The van der Waals surface area contributed by atoms with Gasteiger partial charge in [0.05, 0.1) is 0 Å². The van der Waals surface area contributed by atoms with E-state index in [1.807, 2.05) is 0 Å². The van der Waals surface area contributed by atoms with Gasteiger partial charge in [0, 0.05) is 12.6 Å². The van der Waals surface area contributed by atoms with Gasteiger partial charge in [-0.15, -0.1) is 0 Å². The molecule has 0 aliphatic carbocycles. The smallest absolute Gasteiger partial charge is 0.123 e. The summed E-state index contributed by atoms with van der Waals surface area (Å²) in [7, 11) is 0. The minimum atomic E-state index is -0.207. The van der Waals surface area contributed by atoms with Gasteiger partial charge in [0.2, 0.25) is 0 Å². The summed E-state index contributed by atoms with van der Waals surface area (Å²) >= 11 is 0. The normalized spacial score (nSPS) is 13.3. The lowest BCUT2D eigenvalue weighted by Gasteiger charge is -2.24. The first-order valence-electron chi connectivity index (χ1n) is 6.76. The zero-order valence-corrected chi connectivity index (χ0v) is 11.7. The molecule has 0 amide bonds. The summed E-state index contributed by atoms with van der Waals surface area (Å²) in [6, 6.07) is 6.49. The van der Waals surface area contributed by atoms with E-state index in [0.29, 0.717) is 5.92 Å². The van der Waals surface area contributed by atoms with Crippen LogP contribution in [0.4, 0.5) is 4.39 Å². The van der Waals surface area contributed by atoms with Gasteiger partial charge in [0.25, 0.3) is 0 Å². The molecule has 0 fully saturated rings. The lowest BCUT2D eigenvalue weighted by atomic mass is 10.0. The lowest BCUT2D eigenvalue weighted by molar-refractivity contribution is 0.247. The fourth-order valence-corrected chi connectivity index (χ4v) is 2.09. The van der Waals surface area contributed by atoms with Crippen LogP contribution >= 0.6 is 0 Å². The van der Waals surface area contributed by atoms with Crippen molar-refractivity contribution in [3.63, 3.8) is 0 Å². The monoisotopic (exact) mass is 252 g/mol. The number of hydrogen-bond acceptors (Lipinski definition) is 2. The zero-order valence-electron chi connectivity index (χ0n) is 11.7. The van der Waals surface area contributed by atoms with E-state index in [1.165, 1.54) is 12.1 Å². The third-order valence-electron chi connectivity index (χ3n) is 3.13. The molecular formula is C15H25FN2. The molecular weight excluding hydrogens is 227 g/mol. The summed E-state index contributed by atoms with van der Waals surface area (Å²) in [5.74, 6) is 0.466. The van der Waals surface area contributed by atoms with Crippen molar-refractivity contribution in [3.8, 4) is 0 Å². The first kappa shape index (κ1) is 15.1. The number of nitrogens with zero attached hydrogens (tertiary/aromatic N) is 1. The largest absolute Gasteiger partial charge is 0.324 e. The van der Waals surface area contributed by atoms with Crippen molar-refractivity contribution in [2.24, 2.45) is 11.7 Å². The van der Waals surface area contributed by atoms with Crippen molar-refractivity contribution < 1.29 is 4.39 Å². The molecule has 3 heteroatoms. The Balaban J connectivity index is 2.44. The van der Waals surface area contributed by atoms with Crippen LogP contribution in [0.25, 0.3) is 0 Å². The highest BCUT2D eigenvalue weighted by Crippen LogP contribution is 2.15. The molecule has 0 heterocycles. The average Bonchev–Trinajstić information content (AvgIpc) is 2.34. The summed E-state index contributed by atoms with van der Waals surface area (Å²) in [5, 5.41) is 0. The van der Waals surface area contributed by atoms with Crippen LogP contribution in [0.3, 0.4) is 0 Å². The summed E-state index contributed by atoms with van der Waals surface area (Å²) in [6.45, 7) is 9.77. The van der Waals surface area contributed by atoms with Gasteiger partial charge in [-0.2, -0.15) is 0 Å². The van der Waals surface area contributed by atoms with Gasteiger partial charge in [0.15, 0.2) is 0 Å². The Morgan fingerprint density at radius 3 is 2.33 bits per heavy atom. The second kappa shape index (κ2) is 7.49. The Hall–Kier alpha value is -0.930. The fourth-order valence-electron chi connectivity index (χ4n) is 2.09. The Labute approximate surface area is 110 Å². The van der Waals surface area contributed by atoms with E-state index in [0.717, 1.165) is 31.6 Å². The van der Waals surface area contributed by atoms with Gasteiger partial charge in [0.1, 0.15) is 5.82 Å². The molecule has 2 N–H and O–H groups in total. The molecule has 1 aromatic carbocycles. The van der Waals surface area contributed by atoms with Crippen molar-refractivity contribution in [3.05, 3.63) is 35.6 Å². The SMILES string of the molecule is CCN(CCC(N)c1ccc(F)cc1)CC(C)C. The summed E-state index contributed by atoms with van der Waals surface area (Å²) in [6.07, 6.45) is 0.909. The number of rotatable bonds is 7. The van der Waals surface area contributed by atoms with Crippen LogP contribution in [-0.4, -0.2) is 24.5 Å². The van der Waals surface area contributed by atoms with E-state index in [-0.39, 0.29) is 11.9 Å². The maximum atomic E-state index is 12.8. The maximum absolute atomic E-state index is 12.8. The molecule has 0 aliphatic rings. The summed E-state index contributed by atoms with van der Waals surface area (Å²) < 4.78 is 12.8. The Kier molecular flexibility index (Phi) is 6.30. The van der Waals surface area contributed by atoms with E-state index in [9.17, 15) is 4.39 Å². The van der Waals surface area contributed by atoms with Crippen LogP contribution in [0.5, 0.6) is 0 Å². The number of hydrogen-bond donors (Lipinski definition) is 1. The second-order valence-corrected chi connectivity index (χ2v) is 5.23. The fraction of sp³-hybridized carbons (Fsp3) is 0.600. The minimum Gasteiger partial charge on any atom is -0.324 e. The molecule has 0 bridgehead atoms. The zero-order chi connectivity index (χ0) is 13.5. The number of nitrogens with two attached hydrogens (primary N) is 1. The van der Waals surface area contributed by atoms with Gasteiger partial charge >= 0.3 is 0 Å². The first-order valence-corrected chi connectivity index (χ1v) is 6.76. The molecule has 2 nitrogen and oxygen atoms in total. The highest BCUT2D eigenvalue weighted by atomic mass is 19.1. The molecule has 0 radical (unpaired) electrons. The van der Waals surface area contributed by atoms with E-state index in [2.05, 4.69) is 25.7 Å². The van der Waals surface area contributed by atoms with E-state index >= 15 is 0 Å². The molecule has 0 aliphatic heterocycles. The molecule has 1 unspecified atom stereocenters. The number of halogens is 1. The van der Waals surface area contributed by atoms with Crippen molar-refractivity contribution in [2.45, 2.75) is 33.2 Å². The predicted octanol–water partition coefficient (Wildman–Crippen LogP) is 3.19. The Morgan fingerprint density at radius 2 is 1.83 bits per heavy atom. The standard InChI is InChI=1S/C15H25FN2/c1-4-18(11-12(2)3)10-9-15(17)13-5-7-14(16)8-6-13/h5-8,12,15H,4,9-11,17H2,1-3H3. The van der Waals surface area contributed by atoms with Crippen LogP contribution in [0.2, 0.25) is 0 Å². The predicted molar refractivity (Wildman–Crippen MR) is 74.9 cm³/mol. The van der Waals surface area contributed by atoms with E-state index in [4.69, 9.17) is 5.73 Å². The topological polar surface area (TPSA) is 29.3 Å². The van der Waals surface area contributed by atoms with Gasteiger partial charge in [-0.05, 0) is 43.1 Å². The van der Waals surface area contributed by atoms with Crippen molar-refractivity contribution in [1.82, 2.24) is 4.90 Å². The van der Waals surface area contributed by atoms with Crippen molar-refractivity contribution in [2.75, 3.05) is 19.6 Å². The molecule has 0 spiro atoms. The minimum absolute atomic E-state index is 0.00758. The van der Waals surface area contributed by atoms with Gasteiger partial charge in [-0.25, -0.2) is 4.39 Å². The van der Waals surface area contributed by atoms with Crippen molar-refractivity contribution >= 4 is 0 Å². The van der Waals surface area contributed by atoms with Crippen LogP contribution in [0.1, 0.15) is 38.8 Å². The highest BCUT2D eigenvalue weighted by molar-refractivity contribution is 5.19. The first-order chi connectivity index (χ1) is 8.52. The van der Waals surface area contributed by atoms with E-state index < -0.39 is 0 Å². The van der Waals surface area contributed by atoms with Crippen LogP contribution in [0.15, 0.2) is 24.3 Å². The average molecular weight is 252 g/mol. The van der Waals surface area contributed by atoms with E-state index in [1.54, 1.807) is 12.1 Å². The highest BCUT2D eigenvalue weighted by Gasteiger charge is 2.10. The lowest BCUT2D eigenvalue weighted by Crippen LogP contribution is -2.30.